The lowest BCUT2D eigenvalue weighted by molar-refractivity contribution is -0.125. The van der Waals surface area contributed by atoms with Gasteiger partial charge in [-0.15, -0.1) is 0 Å². The van der Waals surface area contributed by atoms with E-state index >= 15 is 0 Å². The normalized spacial score (nSPS) is 14.8. The Balaban J connectivity index is 2.49. The summed E-state index contributed by atoms with van der Waals surface area (Å²) in [6.07, 6.45) is 0.122. The Hall–Kier alpha value is -2.77. The van der Waals surface area contributed by atoms with Gasteiger partial charge < -0.3 is 14.3 Å². The van der Waals surface area contributed by atoms with Crippen LogP contribution < -0.4 is 14.9 Å². The molecule has 136 valence electrons. The molecule has 3 amide bonds. The van der Waals surface area contributed by atoms with Crippen molar-refractivity contribution < 1.29 is 28.7 Å². The number of benzene rings is 1. The molecule has 25 heavy (non-hydrogen) atoms. The molecular formula is C17H22N2O6. The van der Waals surface area contributed by atoms with E-state index in [1.165, 1.54) is 20.3 Å². The Morgan fingerprint density at radius 1 is 1.20 bits per heavy atom. The summed E-state index contributed by atoms with van der Waals surface area (Å²) in [4.78, 5) is 40.8. The number of esters is 1. The van der Waals surface area contributed by atoms with E-state index in [0.29, 0.717) is 5.75 Å². The quantitative estimate of drug-likeness (QED) is 0.835. The summed E-state index contributed by atoms with van der Waals surface area (Å²) in [7, 11) is 2.77. The molecule has 0 radical (unpaired) electrons. The first kappa shape index (κ1) is 18.6. The molecular weight excluding hydrogens is 328 g/mol. The number of carbonyl (C=O) groups is 3. The molecule has 0 aromatic heterocycles. The summed E-state index contributed by atoms with van der Waals surface area (Å²) < 4.78 is 10.3. The first-order chi connectivity index (χ1) is 11.7. The average molecular weight is 350 g/mol. The zero-order chi connectivity index (χ0) is 18.8. The van der Waals surface area contributed by atoms with Crippen LogP contribution in [0.4, 0.5) is 4.79 Å². The molecule has 1 heterocycles. The number of hydroxylamine groups is 2. The van der Waals surface area contributed by atoms with Crippen LogP contribution >= 0.6 is 0 Å². The second-order valence-electron chi connectivity index (χ2n) is 6.59. The van der Waals surface area contributed by atoms with Crippen molar-refractivity contribution in [2.45, 2.75) is 32.6 Å². The lowest BCUT2D eigenvalue weighted by Gasteiger charge is -2.29. The molecule has 1 aromatic rings. The van der Waals surface area contributed by atoms with Gasteiger partial charge in [0.05, 0.1) is 26.3 Å². The van der Waals surface area contributed by atoms with Gasteiger partial charge in [0.1, 0.15) is 0 Å². The molecule has 1 aliphatic heterocycles. The second-order valence-corrected chi connectivity index (χ2v) is 6.59. The minimum atomic E-state index is -0.668. The molecule has 1 N–H and O–H groups in total. The van der Waals surface area contributed by atoms with E-state index in [4.69, 9.17) is 14.3 Å². The number of amides is 3. The first-order valence-electron chi connectivity index (χ1n) is 7.77. The van der Waals surface area contributed by atoms with Crippen molar-refractivity contribution >= 4 is 17.9 Å². The second kappa shape index (κ2) is 7.00. The van der Waals surface area contributed by atoms with E-state index in [1.807, 2.05) is 20.8 Å². The topological polar surface area (TPSA) is 94.2 Å². The van der Waals surface area contributed by atoms with E-state index in [2.05, 4.69) is 5.32 Å². The molecule has 0 saturated carbocycles. The SMILES string of the molecule is COC(=O)c1cc(ON2CCC(=O)NC2=O)c(OC)c(C(C)(C)C)c1. The van der Waals surface area contributed by atoms with Crippen molar-refractivity contribution in [3.63, 3.8) is 0 Å². The van der Waals surface area contributed by atoms with Crippen LogP contribution in [-0.4, -0.2) is 43.7 Å². The van der Waals surface area contributed by atoms with Gasteiger partial charge in [-0.1, -0.05) is 20.8 Å². The molecule has 1 aliphatic rings. The van der Waals surface area contributed by atoms with Crippen molar-refractivity contribution in [1.82, 2.24) is 10.4 Å². The third-order valence-corrected chi connectivity index (χ3v) is 3.71. The summed E-state index contributed by atoms with van der Waals surface area (Å²) in [5.41, 5.74) is 0.645. The van der Waals surface area contributed by atoms with Crippen LogP contribution in [0.5, 0.6) is 11.5 Å². The number of methoxy groups -OCH3 is 2. The number of hydrogen-bond donors (Lipinski definition) is 1. The van der Waals surface area contributed by atoms with Gasteiger partial charge in [0.15, 0.2) is 11.5 Å². The lowest BCUT2D eigenvalue weighted by Crippen LogP contribution is -2.50. The van der Waals surface area contributed by atoms with Crippen LogP contribution in [0.1, 0.15) is 43.1 Å². The van der Waals surface area contributed by atoms with Crippen LogP contribution in [0, 0.1) is 0 Å². The number of ether oxygens (including phenoxy) is 2. The number of rotatable bonds is 4. The van der Waals surface area contributed by atoms with Gasteiger partial charge in [0.25, 0.3) is 0 Å². The van der Waals surface area contributed by atoms with E-state index < -0.39 is 12.0 Å². The fourth-order valence-electron chi connectivity index (χ4n) is 2.43. The zero-order valence-electron chi connectivity index (χ0n) is 15.0. The predicted octanol–water partition coefficient (Wildman–Crippen LogP) is 2.01. The fraction of sp³-hybridized carbons (Fsp3) is 0.471. The van der Waals surface area contributed by atoms with Crippen molar-refractivity contribution in [2.24, 2.45) is 0 Å². The number of hydrogen-bond acceptors (Lipinski definition) is 6. The maximum absolute atomic E-state index is 12.0. The molecule has 0 spiro atoms. The molecule has 1 saturated heterocycles. The van der Waals surface area contributed by atoms with Crippen molar-refractivity contribution in [3.8, 4) is 11.5 Å². The van der Waals surface area contributed by atoms with Gasteiger partial charge >= 0.3 is 12.0 Å². The Labute approximate surface area is 146 Å². The molecule has 0 bridgehead atoms. The molecule has 0 aliphatic carbocycles. The zero-order valence-corrected chi connectivity index (χ0v) is 15.0. The van der Waals surface area contributed by atoms with E-state index in [0.717, 1.165) is 10.6 Å². The largest absolute Gasteiger partial charge is 0.492 e. The third-order valence-electron chi connectivity index (χ3n) is 3.71. The highest BCUT2D eigenvalue weighted by molar-refractivity contribution is 5.96. The Morgan fingerprint density at radius 2 is 1.88 bits per heavy atom. The van der Waals surface area contributed by atoms with Gasteiger partial charge in [-0.25, -0.2) is 9.59 Å². The van der Waals surface area contributed by atoms with Gasteiger partial charge in [-0.2, -0.15) is 5.06 Å². The van der Waals surface area contributed by atoms with Crippen LogP contribution in [0.3, 0.4) is 0 Å². The van der Waals surface area contributed by atoms with Crippen molar-refractivity contribution in [1.29, 1.82) is 0 Å². The summed E-state index contributed by atoms with van der Waals surface area (Å²) in [5.74, 6) is -0.295. The molecule has 1 fully saturated rings. The standard InChI is InChI=1S/C17H22N2O6/c1-17(2,3)11-8-10(15(21)24-5)9-12(14(11)23-4)25-19-7-6-13(20)18-16(19)22/h8-9H,6-7H2,1-5H3,(H,18,20,22). The summed E-state index contributed by atoms with van der Waals surface area (Å²) in [6.45, 7) is 5.98. The highest BCUT2D eigenvalue weighted by Gasteiger charge is 2.29. The summed E-state index contributed by atoms with van der Waals surface area (Å²) >= 11 is 0. The lowest BCUT2D eigenvalue weighted by atomic mass is 9.85. The molecule has 1 aromatic carbocycles. The van der Waals surface area contributed by atoms with Crippen LogP contribution in [0.15, 0.2) is 12.1 Å². The third kappa shape index (κ3) is 4.01. The van der Waals surface area contributed by atoms with Gasteiger partial charge in [0, 0.05) is 18.1 Å². The number of nitrogens with zero attached hydrogens (tertiary/aromatic N) is 1. The molecule has 2 rings (SSSR count). The van der Waals surface area contributed by atoms with Gasteiger partial charge in [-0.3, -0.25) is 10.1 Å². The smallest absolute Gasteiger partial charge is 0.357 e. The average Bonchev–Trinajstić information content (AvgIpc) is 2.55. The molecule has 0 atom stereocenters. The highest BCUT2D eigenvalue weighted by Crippen LogP contribution is 2.40. The van der Waals surface area contributed by atoms with Crippen LogP contribution in [0.2, 0.25) is 0 Å². The Bertz CT molecular complexity index is 708. The molecule has 8 heteroatoms. The molecule has 8 nitrogen and oxygen atoms in total. The highest BCUT2D eigenvalue weighted by atomic mass is 16.7. The van der Waals surface area contributed by atoms with Gasteiger partial charge in [0.2, 0.25) is 5.91 Å². The van der Waals surface area contributed by atoms with Gasteiger partial charge in [-0.05, 0) is 11.5 Å². The maximum Gasteiger partial charge on any atom is 0.357 e. The van der Waals surface area contributed by atoms with Crippen LogP contribution in [0.25, 0.3) is 0 Å². The molecule has 0 unspecified atom stereocenters. The maximum atomic E-state index is 12.0. The minimum Gasteiger partial charge on any atom is -0.492 e. The first-order valence-corrected chi connectivity index (χ1v) is 7.77. The number of nitrogens with one attached hydrogen (secondary N) is 1. The minimum absolute atomic E-state index is 0.0983. The monoisotopic (exact) mass is 350 g/mol. The summed E-state index contributed by atoms with van der Waals surface area (Å²) in [5, 5.41) is 3.19. The van der Waals surface area contributed by atoms with Crippen molar-refractivity contribution in [3.05, 3.63) is 23.3 Å². The Morgan fingerprint density at radius 3 is 2.40 bits per heavy atom. The van der Waals surface area contributed by atoms with E-state index in [1.54, 1.807) is 6.07 Å². The fourth-order valence-corrected chi connectivity index (χ4v) is 2.43. The number of urea groups is 1. The predicted molar refractivity (Wildman–Crippen MR) is 88.5 cm³/mol. The van der Waals surface area contributed by atoms with Crippen LogP contribution in [-0.2, 0) is 14.9 Å². The number of carbonyl (C=O) groups excluding carboxylic acids is 3. The number of imide groups is 1. The summed E-state index contributed by atoms with van der Waals surface area (Å²) in [6, 6.07) is 2.46. The van der Waals surface area contributed by atoms with E-state index in [-0.39, 0.29) is 35.6 Å². The van der Waals surface area contributed by atoms with Crippen molar-refractivity contribution in [2.75, 3.05) is 20.8 Å². The Kier molecular flexibility index (Phi) is 5.20. The van der Waals surface area contributed by atoms with E-state index in [9.17, 15) is 14.4 Å².